The normalized spacial score (nSPS) is 11.7. The van der Waals surface area contributed by atoms with Gasteiger partial charge in [-0.05, 0) is 57.5 Å². The number of hydrogen-bond donors (Lipinski definition) is 1. The zero-order chi connectivity index (χ0) is 20.8. The van der Waals surface area contributed by atoms with Gasteiger partial charge in [0.05, 0.1) is 23.8 Å². The average Bonchev–Trinajstić information content (AvgIpc) is 2.62. The molecule has 0 saturated carbocycles. The first kappa shape index (κ1) is 21.6. The van der Waals surface area contributed by atoms with E-state index in [4.69, 9.17) is 25.8 Å². The van der Waals surface area contributed by atoms with Gasteiger partial charge < -0.3 is 19.5 Å². The van der Waals surface area contributed by atoms with Crippen molar-refractivity contribution in [1.82, 2.24) is 0 Å². The van der Waals surface area contributed by atoms with E-state index in [9.17, 15) is 9.59 Å². The highest BCUT2D eigenvalue weighted by Crippen LogP contribution is 2.37. The Morgan fingerprint density at radius 3 is 2.43 bits per heavy atom. The van der Waals surface area contributed by atoms with Crippen LogP contribution in [0.25, 0.3) is 0 Å². The van der Waals surface area contributed by atoms with Gasteiger partial charge in [-0.3, -0.25) is 4.79 Å². The number of aryl methyl sites for hydroxylation is 1. The summed E-state index contributed by atoms with van der Waals surface area (Å²) in [5.74, 6) is -0.467. The van der Waals surface area contributed by atoms with Crippen LogP contribution < -0.4 is 14.8 Å². The molecule has 0 aliphatic rings. The first-order chi connectivity index (χ1) is 13.2. The van der Waals surface area contributed by atoms with Crippen LogP contribution in [0.15, 0.2) is 36.4 Å². The Morgan fingerprint density at radius 1 is 1.11 bits per heavy atom. The summed E-state index contributed by atoms with van der Waals surface area (Å²) >= 11 is 6.23. The van der Waals surface area contributed by atoms with Gasteiger partial charge in [-0.2, -0.15) is 0 Å². The topological polar surface area (TPSA) is 73.9 Å². The average molecular weight is 406 g/mol. The number of esters is 1. The number of ether oxygens (including phenoxy) is 3. The summed E-state index contributed by atoms with van der Waals surface area (Å²) in [5.41, 5.74) is 1.80. The molecule has 150 valence electrons. The smallest absolute Gasteiger partial charge is 0.339 e. The molecule has 0 unspecified atom stereocenters. The van der Waals surface area contributed by atoms with Crippen molar-refractivity contribution in [2.75, 3.05) is 12.4 Å². The summed E-state index contributed by atoms with van der Waals surface area (Å²) in [5, 5.41) is 2.94. The Morgan fingerprint density at radius 2 is 1.82 bits per heavy atom. The highest BCUT2D eigenvalue weighted by atomic mass is 35.5. The van der Waals surface area contributed by atoms with E-state index in [0.717, 1.165) is 5.56 Å². The van der Waals surface area contributed by atoms with Crippen molar-refractivity contribution < 1.29 is 23.8 Å². The number of methoxy groups -OCH3 is 1. The highest BCUT2D eigenvalue weighted by molar-refractivity contribution is 6.32. The lowest BCUT2D eigenvalue weighted by atomic mass is 10.2. The number of hydrogen-bond acceptors (Lipinski definition) is 5. The maximum absolute atomic E-state index is 12.5. The summed E-state index contributed by atoms with van der Waals surface area (Å²) in [7, 11) is 1.45. The quantitative estimate of drug-likeness (QED) is 0.680. The zero-order valence-corrected chi connectivity index (χ0v) is 17.3. The van der Waals surface area contributed by atoms with E-state index in [-0.39, 0.29) is 16.7 Å². The van der Waals surface area contributed by atoms with Crippen LogP contribution in [0, 0.1) is 6.92 Å². The highest BCUT2D eigenvalue weighted by Gasteiger charge is 2.22. The number of rotatable bonds is 7. The van der Waals surface area contributed by atoms with Crippen LogP contribution in [-0.2, 0) is 9.53 Å². The first-order valence-corrected chi connectivity index (χ1v) is 9.21. The van der Waals surface area contributed by atoms with Gasteiger partial charge in [0.1, 0.15) is 0 Å². The molecule has 0 aliphatic heterocycles. The molecule has 2 aromatic carbocycles. The Kier molecular flexibility index (Phi) is 7.29. The number of halogens is 1. The monoisotopic (exact) mass is 405 g/mol. The Labute approximate surface area is 169 Å². The lowest BCUT2D eigenvalue weighted by molar-refractivity contribution is -0.123. The molecule has 7 heteroatoms. The molecule has 28 heavy (non-hydrogen) atoms. The molecule has 0 spiro atoms. The van der Waals surface area contributed by atoms with Gasteiger partial charge in [-0.1, -0.05) is 23.7 Å². The van der Waals surface area contributed by atoms with Crippen molar-refractivity contribution in [3.8, 4) is 11.5 Å². The predicted molar refractivity (Wildman–Crippen MR) is 108 cm³/mol. The molecule has 6 nitrogen and oxygen atoms in total. The van der Waals surface area contributed by atoms with Gasteiger partial charge >= 0.3 is 5.97 Å². The van der Waals surface area contributed by atoms with Crippen molar-refractivity contribution in [2.24, 2.45) is 0 Å². The van der Waals surface area contributed by atoms with Crippen LogP contribution in [0.3, 0.4) is 0 Å². The number of anilines is 1. The third kappa shape index (κ3) is 5.63. The third-order valence-electron chi connectivity index (χ3n) is 3.76. The molecular formula is C21H24ClNO5. The summed E-state index contributed by atoms with van der Waals surface area (Å²) in [4.78, 5) is 24.8. The van der Waals surface area contributed by atoms with Gasteiger partial charge in [-0.25, -0.2) is 4.79 Å². The van der Waals surface area contributed by atoms with Crippen molar-refractivity contribution in [1.29, 1.82) is 0 Å². The van der Waals surface area contributed by atoms with E-state index in [2.05, 4.69) is 5.32 Å². The number of amides is 1. The lowest BCUT2D eigenvalue weighted by Crippen LogP contribution is -2.30. The van der Waals surface area contributed by atoms with Gasteiger partial charge in [0, 0.05) is 5.69 Å². The maximum Gasteiger partial charge on any atom is 0.339 e. The molecule has 0 heterocycles. The number of carbonyl (C=O) groups excluding carboxylic acids is 2. The minimum absolute atomic E-state index is 0.116. The van der Waals surface area contributed by atoms with Crippen LogP contribution in [-0.4, -0.2) is 31.2 Å². The largest absolute Gasteiger partial charge is 0.493 e. The molecule has 1 N–H and O–H groups in total. The molecule has 0 bridgehead atoms. The molecule has 2 rings (SSSR count). The van der Waals surface area contributed by atoms with Gasteiger partial charge in [0.25, 0.3) is 5.91 Å². The molecule has 0 fully saturated rings. The van der Waals surface area contributed by atoms with Crippen molar-refractivity contribution >= 4 is 29.2 Å². The molecule has 0 aromatic heterocycles. The second kappa shape index (κ2) is 9.46. The van der Waals surface area contributed by atoms with E-state index in [1.807, 2.05) is 39.0 Å². The Bertz CT molecular complexity index is 866. The predicted octanol–water partition coefficient (Wildman–Crippen LogP) is 4.63. The van der Waals surface area contributed by atoms with E-state index >= 15 is 0 Å². The SMILES string of the molecule is COc1cc(C(=O)O[C@@H](C)C(=O)Nc2cccc(C)c2)cc(Cl)c1OC(C)C. The van der Waals surface area contributed by atoms with Crippen molar-refractivity contribution in [3.05, 3.63) is 52.5 Å². The standard InChI is InChI=1S/C21H24ClNO5/c1-12(2)27-19-17(22)10-15(11-18(19)26-5)21(25)28-14(4)20(24)23-16-8-6-7-13(3)9-16/h6-12,14H,1-5H3,(H,23,24)/t14-/m0/s1. The number of carbonyl (C=O) groups is 2. The van der Waals surface area contributed by atoms with E-state index in [1.165, 1.54) is 26.2 Å². The lowest BCUT2D eigenvalue weighted by Gasteiger charge is -2.17. The minimum atomic E-state index is -0.996. The first-order valence-electron chi connectivity index (χ1n) is 8.84. The number of benzene rings is 2. The van der Waals surface area contributed by atoms with Crippen LogP contribution in [0.2, 0.25) is 5.02 Å². The summed E-state index contributed by atoms with van der Waals surface area (Å²) < 4.78 is 16.2. The van der Waals surface area contributed by atoms with E-state index in [0.29, 0.717) is 17.2 Å². The van der Waals surface area contributed by atoms with Crippen LogP contribution >= 0.6 is 11.6 Å². The fourth-order valence-corrected chi connectivity index (χ4v) is 2.69. The Balaban J connectivity index is 2.11. The zero-order valence-electron chi connectivity index (χ0n) is 16.5. The molecule has 0 aliphatic carbocycles. The molecular weight excluding hydrogens is 382 g/mol. The molecule has 2 aromatic rings. The van der Waals surface area contributed by atoms with Gasteiger partial charge in [0.15, 0.2) is 17.6 Å². The van der Waals surface area contributed by atoms with Crippen LogP contribution in [0.5, 0.6) is 11.5 Å². The van der Waals surface area contributed by atoms with Crippen LogP contribution in [0.4, 0.5) is 5.69 Å². The molecule has 0 saturated heterocycles. The van der Waals surface area contributed by atoms with E-state index < -0.39 is 18.0 Å². The minimum Gasteiger partial charge on any atom is -0.493 e. The van der Waals surface area contributed by atoms with Crippen molar-refractivity contribution in [2.45, 2.75) is 39.9 Å². The summed E-state index contributed by atoms with van der Waals surface area (Å²) in [6.45, 7) is 7.12. The van der Waals surface area contributed by atoms with Gasteiger partial charge in [-0.15, -0.1) is 0 Å². The second-order valence-corrected chi connectivity index (χ2v) is 6.97. The third-order valence-corrected chi connectivity index (χ3v) is 4.04. The maximum atomic E-state index is 12.5. The van der Waals surface area contributed by atoms with Crippen molar-refractivity contribution in [3.63, 3.8) is 0 Å². The number of nitrogens with one attached hydrogen (secondary N) is 1. The summed E-state index contributed by atoms with van der Waals surface area (Å²) in [6.07, 6.45) is -1.11. The molecule has 0 radical (unpaired) electrons. The molecule has 1 amide bonds. The van der Waals surface area contributed by atoms with E-state index in [1.54, 1.807) is 6.07 Å². The Hall–Kier alpha value is -2.73. The fraction of sp³-hybridized carbons (Fsp3) is 0.333. The van der Waals surface area contributed by atoms with Crippen LogP contribution in [0.1, 0.15) is 36.7 Å². The second-order valence-electron chi connectivity index (χ2n) is 6.56. The summed E-state index contributed by atoms with van der Waals surface area (Å²) in [6, 6.07) is 10.2. The fourth-order valence-electron chi connectivity index (χ4n) is 2.44. The van der Waals surface area contributed by atoms with Gasteiger partial charge in [0.2, 0.25) is 0 Å². The molecule has 1 atom stereocenters.